The third-order valence-corrected chi connectivity index (χ3v) is 4.71. The molecule has 0 aliphatic carbocycles. The summed E-state index contributed by atoms with van der Waals surface area (Å²) in [6.07, 6.45) is 0.202. The Morgan fingerprint density at radius 3 is 2.96 bits per heavy atom. The monoisotopic (exact) mass is 381 g/mol. The highest BCUT2D eigenvalue weighted by molar-refractivity contribution is 5.96. The van der Waals surface area contributed by atoms with Gasteiger partial charge in [-0.05, 0) is 43.7 Å². The van der Waals surface area contributed by atoms with Crippen LogP contribution in [0.2, 0.25) is 0 Å². The molecule has 2 aromatic carbocycles. The van der Waals surface area contributed by atoms with Crippen LogP contribution in [0.4, 0.5) is 10.1 Å². The zero-order valence-electron chi connectivity index (χ0n) is 15.7. The number of aryl methyl sites for hydroxylation is 1. The molecule has 2 heterocycles. The van der Waals surface area contributed by atoms with Crippen LogP contribution < -0.4 is 9.64 Å². The highest BCUT2D eigenvalue weighted by Crippen LogP contribution is 2.33. The third kappa shape index (κ3) is 3.47. The molecule has 0 spiro atoms. The lowest BCUT2D eigenvalue weighted by Crippen LogP contribution is -2.25. The molecule has 0 bridgehead atoms. The fourth-order valence-corrected chi connectivity index (χ4v) is 3.35. The van der Waals surface area contributed by atoms with E-state index in [4.69, 9.17) is 9.26 Å². The molecule has 1 aromatic heterocycles. The molecular weight excluding hydrogens is 361 g/mol. The maximum Gasteiger partial charge on any atom is 0.232 e. The van der Waals surface area contributed by atoms with E-state index >= 15 is 0 Å². The summed E-state index contributed by atoms with van der Waals surface area (Å²) in [6.45, 7) is 4.65. The van der Waals surface area contributed by atoms with Crippen LogP contribution in [-0.2, 0) is 4.79 Å². The molecule has 144 valence electrons. The van der Waals surface area contributed by atoms with Crippen LogP contribution in [-0.4, -0.2) is 29.2 Å². The Morgan fingerprint density at radius 1 is 1.29 bits per heavy atom. The van der Waals surface area contributed by atoms with Gasteiger partial charge < -0.3 is 14.2 Å². The Hall–Kier alpha value is -3.22. The summed E-state index contributed by atoms with van der Waals surface area (Å²) in [6, 6.07) is 12.2. The minimum absolute atomic E-state index is 0.160. The Balaban J connectivity index is 1.56. The maximum absolute atomic E-state index is 14.2. The number of carbonyl (C=O) groups is 1. The molecule has 1 aliphatic heterocycles. The molecule has 1 unspecified atom stereocenters. The van der Waals surface area contributed by atoms with Crippen molar-refractivity contribution in [1.29, 1.82) is 0 Å². The van der Waals surface area contributed by atoms with Crippen molar-refractivity contribution in [1.82, 2.24) is 10.1 Å². The van der Waals surface area contributed by atoms with E-state index in [0.29, 0.717) is 24.9 Å². The van der Waals surface area contributed by atoms with Crippen molar-refractivity contribution in [3.05, 3.63) is 59.7 Å². The highest BCUT2D eigenvalue weighted by Gasteiger charge is 2.36. The number of anilines is 1. The van der Waals surface area contributed by atoms with E-state index in [0.717, 1.165) is 16.9 Å². The lowest BCUT2D eigenvalue weighted by molar-refractivity contribution is -0.117. The molecule has 1 amide bonds. The second-order valence-electron chi connectivity index (χ2n) is 6.78. The van der Waals surface area contributed by atoms with Crippen molar-refractivity contribution in [3.63, 3.8) is 0 Å². The van der Waals surface area contributed by atoms with Crippen molar-refractivity contribution in [2.24, 2.45) is 0 Å². The number of nitrogens with zero attached hydrogens (tertiary/aromatic N) is 3. The molecule has 0 radical (unpaired) electrons. The van der Waals surface area contributed by atoms with Crippen LogP contribution in [0.5, 0.6) is 5.75 Å². The largest absolute Gasteiger partial charge is 0.494 e. The van der Waals surface area contributed by atoms with Gasteiger partial charge in [0.05, 0.1) is 18.2 Å². The lowest BCUT2D eigenvalue weighted by atomic mass is 10.1. The number of hydrogen-bond donors (Lipinski definition) is 0. The van der Waals surface area contributed by atoms with Gasteiger partial charge in [-0.25, -0.2) is 4.39 Å². The van der Waals surface area contributed by atoms with Crippen LogP contribution in [0.15, 0.2) is 47.0 Å². The first-order chi connectivity index (χ1) is 13.5. The first-order valence-corrected chi connectivity index (χ1v) is 9.18. The summed E-state index contributed by atoms with van der Waals surface area (Å²) < 4.78 is 25.1. The van der Waals surface area contributed by atoms with Crippen LogP contribution in [0.25, 0.3) is 11.4 Å². The molecule has 3 aromatic rings. The van der Waals surface area contributed by atoms with Crippen molar-refractivity contribution in [3.8, 4) is 17.1 Å². The van der Waals surface area contributed by atoms with Gasteiger partial charge in [-0.3, -0.25) is 4.79 Å². The number of halogens is 1. The fraction of sp³-hybridized carbons (Fsp3) is 0.286. The molecule has 0 saturated carbocycles. The zero-order chi connectivity index (χ0) is 19.7. The van der Waals surface area contributed by atoms with Gasteiger partial charge in [-0.15, -0.1) is 0 Å². The normalized spacial score (nSPS) is 16.6. The summed E-state index contributed by atoms with van der Waals surface area (Å²) in [5.41, 5.74) is 1.95. The van der Waals surface area contributed by atoms with Crippen LogP contribution >= 0.6 is 0 Å². The van der Waals surface area contributed by atoms with E-state index < -0.39 is 5.82 Å². The van der Waals surface area contributed by atoms with Crippen molar-refractivity contribution >= 4 is 11.6 Å². The smallest absolute Gasteiger partial charge is 0.232 e. The number of amides is 1. The average Bonchev–Trinajstić information content (AvgIpc) is 3.31. The molecule has 1 fully saturated rings. The third-order valence-electron chi connectivity index (χ3n) is 4.71. The summed E-state index contributed by atoms with van der Waals surface area (Å²) in [5, 5.41) is 4.04. The number of hydrogen-bond acceptors (Lipinski definition) is 5. The van der Waals surface area contributed by atoms with Gasteiger partial charge in [0.2, 0.25) is 17.6 Å². The summed E-state index contributed by atoms with van der Waals surface area (Å²) in [7, 11) is 0. The minimum Gasteiger partial charge on any atom is -0.494 e. The van der Waals surface area contributed by atoms with E-state index in [2.05, 4.69) is 10.1 Å². The van der Waals surface area contributed by atoms with Crippen molar-refractivity contribution < 1.29 is 18.4 Å². The Bertz CT molecular complexity index is 1020. The molecule has 0 N–H and O–H groups in total. The molecule has 1 atom stereocenters. The SMILES string of the molecule is CCOc1cccc(-c2noc(C3CC(=O)N(c4cc(C)ccc4F)C3)n2)c1. The van der Waals surface area contributed by atoms with E-state index in [9.17, 15) is 9.18 Å². The Kier molecular flexibility index (Phi) is 4.81. The standard InChI is InChI=1S/C21H20FN3O3/c1-3-27-16-6-4-5-14(10-16)20-23-21(28-24-20)15-11-19(26)25(12-15)18-9-13(2)7-8-17(18)22/h4-10,15H,3,11-12H2,1-2H3. The van der Waals surface area contributed by atoms with Gasteiger partial charge in [0.15, 0.2) is 0 Å². The van der Waals surface area contributed by atoms with E-state index in [1.165, 1.54) is 11.0 Å². The van der Waals surface area contributed by atoms with Crippen LogP contribution in [0, 0.1) is 12.7 Å². The van der Waals surface area contributed by atoms with Crippen molar-refractivity contribution in [2.45, 2.75) is 26.2 Å². The van der Waals surface area contributed by atoms with E-state index in [1.807, 2.05) is 38.1 Å². The van der Waals surface area contributed by atoms with Gasteiger partial charge in [0.1, 0.15) is 11.6 Å². The quantitative estimate of drug-likeness (QED) is 0.665. The highest BCUT2D eigenvalue weighted by atomic mass is 19.1. The number of carbonyl (C=O) groups excluding carboxylic acids is 1. The Morgan fingerprint density at radius 2 is 2.14 bits per heavy atom. The summed E-state index contributed by atoms with van der Waals surface area (Å²) in [4.78, 5) is 18.4. The van der Waals surface area contributed by atoms with Crippen LogP contribution in [0.1, 0.15) is 30.7 Å². The average molecular weight is 381 g/mol. The van der Waals surface area contributed by atoms with Crippen molar-refractivity contribution in [2.75, 3.05) is 18.1 Å². The van der Waals surface area contributed by atoms with E-state index in [-0.39, 0.29) is 23.9 Å². The number of ether oxygens (including phenoxy) is 1. The molecule has 1 aliphatic rings. The van der Waals surface area contributed by atoms with E-state index in [1.54, 1.807) is 12.1 Å². The molecule has 7 heteroatoms. The number of aromatic nitrogens is 2. The Labute approximate surface area is 161 Å². The summed E-state index contributed by atoms with van der Waals surface area (Å²) in [5.74, 6) is 0.684. The first kappa shape index (κ1) is 18.2. The molecule has 4 rings (SSSR count). The maximum atomic E-state index is 14.2. The second kappa shape index (κ2) is 7.42. The predicted octanol–water partition coefficient (Wildman–Crippen LogP) is 4.10. The number of benzene rings is 2. The molecular formula is C21H20FN3O3. The number of rotatable bonds is 5. The van der Waals surface area contributed by atoms with Gasteiger partial charge in [0, 0.05) is 18.5 Å². The lowest BCUT2D eigenvalue weighted by Gasteiger charge is -2.17. The predicted molar refractivity (Wildman–Crippen MR) is 102 cm³/mol. The first-order valence-electron chi connectivity index (χ1n) is 9.18. The van der Waals surface area contributed by atoms with Gasteiger partial charge in [0.25, 0.3) is 0 Å². The van der Waals surface area contributed by atoms with Gasteiger partial charge in [-0.1, -0.05) is 23.4 Å². The van der Waals surface area contributed by atoms with Crippen LogP contribution in [0.3, 0.4) is 0 Å². The van der Waals surface area contributed by atoms with Gasteiger partial charge >= 0.3 is 0 Å². The summed E-state index contributed by atoms with van der Waals surface area (Å²) >= 11 is 0. The zero-order valence-corrected chi connectivity index (χ0v) is 15.7. The molecule has 1 saturated heterocycles. The second-order valence-corrected chi connectivity index (χ2v) is 6.78. The fourth-order valence-electron chi connectivity index (χ4n) is 3.35. The minimum atomic E-state index is -0.418. The topological polar surface area (TPSA) is 68.5 Å². The van der Waals surface area contributed by atoms with Gasteiger partial charge in [-0.2, -0.15) is 4.98 Å². The molecule has 6 nitrogen and oxygen atoms in total. The molecule has 28 heavy (non-hydrogen) atoms.